The van der Waals surface area contributed by atoms with E-state index in [1.165, 1.54) is 11.3 Å². The number of nitrogens with one attached hydrogen (secondary N) is 1. The number of hydrogen-bond donors (Lipinski definition) is 2. The van der Waals surface area contributed by atoms with Gasteiger partial charge in [0.05, 0.1) is 30.8 Å². The molecule has 0 aliphatic carbocycles. The SMILES string of the molecule is Cc1c(-c2ccc(N3CCOCC3)cc2)cc(C(F)(F)F)c(C=NC(C(=O)Nc2nccs2)c2ncn3c2CCC3(C)C)c1N.[HH]. The van der Waals surface area contributed by atoms with Gasteiger partial charge >= 0.3 is 6.18 Å². The molecule has 3 N–H and O–H groups in total. The molecule has 9 nitrogen and oxygen atoms in total. The molecule has 6 rings (SSSR count). The predicted molar refractivity (Wildman–Crippen MR) is 172 cm³/mol. The fourth-order valence-corrected chi connectivity index (χ4v) is 6.50. The quantitative estimate of drug-likeness (QED) is 0.177. The predicted octanol–water partition coefficient (Wildman–Crippen LogP) is 6.48. The summed E-state index contributed by atoms with van der Waals surface area (Å²) in [6, 6.07) is 7.30. The number of ether oxygens (including phenoxy) is 1. The molecular weight excluding hydrogens is 603 g/mol. The van der Waals surface area contributed by atoms with Gasteiger partial charge < -0.3 is 19.9 Å². The van der Waals surface area contributed by atoms with Crippen LogP contribution in [0.3, 0.4) is 0 Å². The number of fused-ring (bicyclic) bond motifs is 1. The molecule has 1 unspecified atom stereocenters. The maximum Gasteiger partial charge on any atom is 0.417 e. The van der Waals surface area contributed by atoms with Crippen LogP contribution < -0.4 is 16.0 Å². The van der Waals surface area contributed by atoms with Gasteiger partial charge in [-0.3, -0.25) is 15.1 Å². The Balaban J connectivity index is 0.00000417. The molecule has 238 valence electrons. The van der Waals surface area contributed by atoms with Crippen molar-refractivity contribution < 1.29 is 24.1 Å². The van der Waals surface area contributed by atoms with Crippen LogP contribution in [0.5, 0.6) is 0 Å². The third kappa shape index (κ3) is 6.06. The number of rotatable bonds is 7. The molecule has 4 aromatic rings. The Morgan fingerprint density at radius 3 is 2.62 bits per heavy atom. The van der Waals surface area contributed by atoms with Crippen molar-refractivity contribution in [2.24, 2.45) is 4.99 Å². The van der Waals surface area contributed by atoms with Gasteiger partial charge in [0.1, 0.15) is 0 Å². The largest absolute Gasteiger partial charge is 0.417 e. The monoisotopic (exact) mass is 639 g/mol. The third-order valence-corrected chi connectivity index (χ3v) is 9.27. The zero-order chi connectivity index (χ0) is 31.9. The molecule has 2 aliphatic heterocycles. The highest BCUT2D eigenvalue weighted by Crippen LogP contribution is 2.41. The molecule has 4 heterocycles. The van der Waals surface area contributed by atoms with Gasteiger partial charge in [-0.05, 0) is 68.5 Å². The molecule has 0 spiro atoms. The number of aromatic nitrogens is 3. The number of nitrogen functional groups attached to an aromatic ring is 1. The lowest BCUT2D eigenvalue weighted by molar-refractivity contribution is -0.137. The van der Waals surface area contributed by atoms with Gasteiger partial charge in [0.25, 0.3) is 5.91 Å². The zero-order valence-electron chi connectivity index (χ0n) is 25.2. The Bertz CT molecular complexity index is 1730. The highest BCUT2D eigenvalue weighted by Gasteiger charge is 2.37. The number of nitrogens with zero attached hydrogens (tertiary/aromatic N) is 5. The minimum absolute atomic E-state index is 0. The lowest BCUT2D eigenvalue weighted by Gasteiger charge is -2.29. The minimum Gasteiger partial charge on any atom is -0.398 e. The first kappa shape index (κ1) is 30.8. The number of hydrogen-bond acceptors (Lipinski definition) is 8. The summed E-state index contributed by atoms with van der Waals surface area (Å²) >= 11 is 1.23. The molecule has 0 bridgehead atoms. The number of morpholine rings is 1. The van der Waals surface area contributed by atoms with Crippen molar-refractivity contribution in [3.05, 3.63) is 76.3 Å². The van der Waals surface area contributed by atoms with E-state index in [4.69, 9.17) is 10.5 Å². The summed E-state index contributed by atoms with van der Waals surface area (Å²) in [6.07, 6.45) is 1.04. The van der Waals surface area contributed by atoms with E-state index >= 15 is 0 Å². The Kier molecular flexibility index (Phi) is 8.16. The Morgan fingerprint density at radius 2 is 1.96 bits per heavy atom. The summed E-state index contributed by atoms with van der Waals surface area (Å²) in [5, 5.41) is 4.79. The fourth-order valence-electron chi connectivity index (χ4n) is 5.97. The van der Waals surface area contributed by atoms with Crippen molar-refractivity contribution in [3.8, 4) is 11.1 Å². The Hall–Kier alpha value is -4.23. The van der Waals surface area contributed by atoms with Crippen LogP contribution in [0.25, 0.3) is 11.1 Å². The van der Waals surface area contributed by atoms with Crippen LogP contribution in [0.15, 0.2) is 53.2 Å². The standard InChI is InChI=1S/C32H34F3N7O2S.H2/c1-19-22(20-4-6-21(7-5-20)41-11-13-44-14-12-41)16-24(32(33,34)35)23(26(19)36)17-38-28(29(43)40-30-37-10-15-45-30)27-25-8-9-31(2,3)42(25)18-39-27;/h4-7,10,15-18,28H,8-9,11-14,36H2,1-3H3,(H,37,40,43);1H. The van der Waals surface area contributed by atoms with Gasteiger partial charge in [-0.25, -0.2) is 9.97 Å². The van der Waals surface area contributed by atoms with E-state index in [0.717, 1.165) is 43.2 Å². The highest BCUT2D eigenvalue weighted by molar-refractivity contribution is 7.13. The molecule has 1 atom stereocenters. The summed E-state index contributed by atoms with van der Waals surface area (Å²) < 4.78 is 51.2. The second kappa shape index (κ2) is 11.9. The van der Waals surface area contributed by atoms with E-state index in [2.05, 4.69) is 39.0 Å². The van der Waals surface area contributed by atoms with Gasteiger partial charge in [0.2, 0.25) is 0 Å². The van der Waals surface area contributed by atoms with E-state index < -0.39 is 23.7 Å². The average molecular weight is 640 g/mol. The maximum absolute atomic E-state index is 14.6. The van der Waals surface area contributed by atoms with Crippen LogP contribution >= 0.6 is 11.3 Å². The molecule has 13 heteroatoms. The van der Waals surface area contributed by atoms with E-state index in [-0.39, 0.29) is 18.2 Å². The third-order valence-electron chi connectivity index (χ3n) is 8.58. The van der Waals surface area contributed by atoms with Gasteiger partial charge in [-0.1, -0.05) is 12.1 Å². The van der Waals surface area contributed by atoms with Gasteiger partial charge in [-0.15, -0.1) is 11.3 Å². The molecule has 0 saturated carbocycles. The number of nitrogens with two attached hydrogens (primary N) is 1. The second-order valence-electron chi connectivity index (χ2n) is 11.8. The first-order chi connectivity index (χ1) is 21.4. The van der Waals surface area contributed by atoms with Crippen molar-refractivity contribution in [1.29, 1.82) is 0 Å². The first-order valence-electron chi connectivity index (χ1n) is 14.7. The van der Waals surface area contributed by atoms with Crippen LogP contribution in [0.4, 0.5) is 29.7 Å². The number of carbonyl (C=O) groups is 1. The molecule has 1 amide bonds. The van der Waals surface area contributed by atoms with E-state index in [1.807, 2.05) is 16.7 Å². The number of anilines is 3. The second-order valence-corrected chi connectivity index (χ2v) is 12.7. The number of aliphatic imine (C=N–C) groups is 1. The van der Waals surface area contributed by atoms with Crippen LogP contribution in [0.1, 0.15) is 55.8 Å². The smallest absolute Gasteiger partial charge is 0.398 e. The van der Waals surface area contributed by atoms with Crippen molar-refractivity contribution in [2.75, 3.05) is 42.3 Å². The van der Waals surface area contributed by atoms with Gasteiger partial charge in [-0.2, -0.15) is 13.2 Å². The molecule has 2 aromatic carbocycles. The topological polar surface area (TPSA) is 111 Å². The van der Waals surface area contributed by atoms with E-state index in [1.54, 1.807) is 37.0 Å². The minimum atomic E-state index is -4.73. The average Bonchev–Trinajstić information content (AvgIpc) is 3.75. The number of halogens is 3. The summed E-state index contributed by atoms with van der Waals surface area (Å²) in [5.41, 5.74) is 8.61. The summed E-state index contributed by atoms with van der Waals surface area (Å²) in [7, 11) is 0. The molecular formula is C32H36F3N7O2S. The Labute approximate surface area is 264 Å². The van der Waals surface area contributed by atoms with Crippen LogP contribution in [-0.4, -0.2) is 53.0 Å². The van der Waals surface area contributed by atoms with Crippen LogP contribution in [0, 0.1) is 6.92 Å². The summed E-state index contributed by atoms with van der Waals surface area (Å²) in [6.45, 7) is 8.59. The number of alkyl halides is 3. The number of amides is 1. The summed E-state index contributed by atoms with van der Waals surface area (Å²) in [4.78, 5) is 28.8. The van der Waals surface area contributed by atoms with Crippen molar-refractivity contribution in [1.82, 2.24) is 14.5 Å². The van der Waals surface area contributed by atoms with Gasteiger partial charge in [0, 0.05) is 60.5 Å². The lowest BCUT2D eigenvalue weighted by atomic mass is 9.92. The number of benzene rings is 2. The molecule has 2 aliphatic rings. The number of thiazole rings is 1. The molecule has 1 fully saturated rings. The van der Waals surface area contributed by atoms with Crippen molar-refractivity contribution in [3.63, 3.8) is 0 Å². The Morgan fingerprint density at radius 1 is 1.22 bits per heavy atom. The van der Waals surface area contributed by atoms with Crippen molar-refractivity contribution in [2.45, 2.75) is 51.4 Å². The summed E-state index contributed by atoms with van der Waals surface area (Å²) in [5.74, 6) is -0.548. The molecule has 1 saturated heterocycles. The molecule has 0 radical (unpaired) electrons. The van der Waals surface area contributed by atoms with Gasteiger partial charge in [0.15, 0.2) is 11.2 Å². The maximum atomic E-state index is 14.6. The van der Waals surface area contributed by atoms with E-state index in [9.17, 15) is 18.0 Å². The molecule has 45 heavy (non-hydrogen) atoms. The lowest BCUT2D eigenvalue weighted by Crippen LogP contribution is -2.36. The normalized spacial score (nSPS) is 17.1. The highest BCUT2D eigenvalue weighted by atomic mass is 32.1. The first-order valence-corrected chi connectivity index (χ1v) is 15.6. The van der Waals surface area contributed by atoms with Crippen molar-refractivity contribution >= 4 is 40.0 Å². The zero-order valence-corrected chi connectivity index (χ0v) is 26.0. The number of imidazole rings is 1. The molecule has 2 aromatic heterocycles. The van der Waals surface area contributed by atoms with Crippen LogP contribution in [-0.2, 0) is 27.7 Å². The van der Waals surface area contributed by atoms with Crippen LogP contribution in [0.2, 0.25) is 0 Å². The number of carbonyl (C=O) groups excluding carboxylic acids is 1. The van der Waals surface area contributed by atoms with E-state index in [0.29, 0.717) is 47.2 Å². The fraction of sp³-hybridized carbons (Fsp3) is 0.375.